The molecule has 112 valence electrons. The summed E-state index contributed by atoms with van der Waals surface area (Å²) in [6, 6.07) is 6.35. The summed E-state index contributed by atoms with van der Waals surface area (Å²) >= 11 is 1.82. The van der Waals surface area contributed by atoms with Gasteiger partial charge in [0.25, 0.3) is 0 Å². The number of piperidine rings is 1. The molecule has 0 amide bonds. The molecule has 1 aliphatic rings. The summed E-state index contributed by atoms with van der Waals surface area (Å²) in [7, 11) is 0. The van der Waals surface area contributed by atoms with Crippen molar-refractivity contribution in [3.8, 4) is 10.6 Å². The minimum Gasteiger partial charge on any atom is -0.340 e. The lowest BCUT2D eigenvalue weighted by molar-refractivity contribution is 0.419. The molecule has 0 radical (unpaired) electrons. The van der Waals surface area contributed by atoms with E-state index in [9.17, 15) is 0 Å². The van der Waals surface area contributed by atoms with Gasteiger partial charge in [-0.05, 0) is 49.9 Å². The number of aryl methyl sites for hydroxylation is 1. The first-order valence-corrected chi connectivity index (χ1v) is 8.49. The third kappa shape index (κ3) is 3.24. The first-order valence-electron chi connectivity index (χ1n) is 7.67. The maximum absolute atomic E-state index is 5.82. The molecule has 4 nitrogen and oxygen atoms in total. The van der Waals surface area contributed by atoms with E-state index in [2.05, 4.69) is 28.9 Å². The number of rotatable bonds is 4. The van der Waals surface area contributed by atoms with Gasteiger partial charge < -0.3 is 10.6 Å². The zero-order chi connectivity index (χ0) is 14.7. The van der Waals surface area contributed by atoms with Gasteiger partial charge in [-0.25, -0.2) is 9.97 Å². The van der Waals surface area contributed by atoms with Gasteiger partial charge in [0.1, 0.15) is 0 Å². The first kappa shape index (κ1) is 14.5. The van der Waals surface area contributed by atoms with Gasteiger partial charge in [0.2, 0.25) is 5.95 Å². The molecule has 3 rings (SSSR count). The number of hydrogen-bond acceptors (Lipinski definition) is 5. The zero-order valence-corrected chi connectivity index (χ0v) is 13.3. The van der Waals surface area contributed by atoms with Gasteiger partial charge in [-0.3, -0.25) is 0 Å². The van der Waals surface area contributed by atoms with Crippen LogP contribution in [-0.2, 0) is 6.42 Å². The molecular weight excluding hydrogens is 280 g/mol. The van der Waals surface area contributed by atoms with E-state index in [0.717, 1.165) is 37.7 Å². The Bertz CT molecular complexity index is 595. The Hall–Kier alpha value is -1.46. The lowest BCUT2D eigenvalue weighted by Crippen LogP contribution is -2.39. The first-order chi connectivity index (χ1) is 10.3. The van der Waals surface area contributed by atoms with E-state index in [4.69, 9.17) is 10.7 Å². The van der Waals surface area contributed by atoms with E-state index in [1.807, 2.05) is 23.6 Å². The van der Waals surface area contributed by atoms with E-state index in [1.54, 1.807) is 0 Å². The summed E-state index contributed by atoms with van der Waals surface area (Å²) in [4.78, 5) is 14.1. The van der Waals surface area contributed by atoms with E-state index in [1.165, 1.54) is 22.6 Å². The molecule has 1 aliphatic heterocycles. The molecule has 0 saturated carbocycles. The summed E-state index contributed by atoms with van der Waals surface area (Å²) in [5.41, 5.74) is 6.84. The van der Waals surface area contributed by atoms with Crippen LogP contribution in [0, 0.1) is 5.92 Å². The van der Waals surface area contributed by atoms with E-state index in [-0.39, 0.29) is 0 Å². The normalized spacial score (nSPS) is 19.0. The van der Waals surface area contributed by atoms with Crippen molar-refractivity contribution in [2.24, 2.45) is 11.7 Å². The van der Waals surface area contributed by atoms with Gasteiger partial charge >= 0.3 is 0 Å². The molecule has 0 aromatic carbocycles. The van der Waals surface area contributed by atoms with Crippen LogP contribution in [0.15, 0.2) is 24.4 Å². The SMILES string of the molecule is CCc1ccc(-c2ccnc(N3CCCC(CN)C3)n2)s1. The molecule has 5 heteroatoms. The maximum Gasteiger partial charge on any atom is 0.225 e. The topological polar surface area (TPSA) is 55.0 Å². The van der Waals surface area contributed by atoms with Crippen LogP contribution in [-0.4, -0.2) is 29.6 Å². The van der Waals surface area contributed by atoms with Crippen molar-refractivity contribution in [1.82, 2.24) is 9.97 Å². The molecule has 1 saturated heterocycles. The van der Waals surface area contributed by atoms with Crippen molar-refractivity contribution >= 4 is 17.3 Å². The lowest BCUT2D eigenvalue weighted by Gasteiger charge is -2.32. The minimum absolute atomic E-state index is 0.569. The van der Waals surface area contributed by atoms with Crippen LogP contribution in [0.2, 0.25) is 0 Å². The fourth-order valence-electron chi connectivity index (χ4n) is 2.78. The number of aromatic nitrogens is 2. The smallest absolute Gasteiger partial charge is 0.225 e. The fraction of sp³-hybridized carbons (Fsp3) is 0.500. The highest BCUT2D eigenvalue weighted by Crippen LogP contribution is 2.28. The van der Waals surface area contributed by atoms with Crippen LogP contribution in [0.1, 0.15) is 24.6 Å². The summed E-state index contributed by atoms with van der Waals surface area (Å²) < 4.78 is 0. The largest absolute Gasteiger partial charge is 0.340 e. The van der Waals surface area contributed by atoms with Crippen LogP contribution >= 0.6 is 11.3 Å². The monoisotopic (exact) mass is 302 g/mol. The Morgan fingerprint density at radius 1 is 1.38 bits per heavy atom. The molecule has 2 aromatic rings. The molecule has 3 heterocycles. The van der Waals surface area contributed by atoms with E-state index in [0.29, 0.717) is 5.92 Å². The molecule has 0 bridgehead atoms. The predicted octanol–water partition coefficient (Wildman–Crippen LogP) is 2.94. The average Bonchev–Trinajstić information content (AvgIpc) is 3.04. The highest BCUT2D eigenvalue weighted by molar-refractivity contribution is 7.15. The Balaban J connectivity index is 1.82. The van der Waals surface area contributed by atoms with Crippen molar-refractivity contribution in [3.63, 3.8) is 0 Å². The van der Waals surface area contributed by atoms with Gasteiger partial charge in [-0.15, -0.1) is 11.3 Å². The Morgan fingerprint density at radius 2 is 2.29 bits per heavy atom. The van der Waals surface area contributed by atoms with E-state index < -0.39 is 0 Å². The highest BCUT2D eigenvalue weighted by atomic mass is 32.1. The van der Waals surface area contributed by atoms with Crippen molar-refractivity contribution in [2.75, 3.05) is 24.5 Å². The van der Waals surface area contributed by atoms with Crippen LogP contribution in [0.5, 0.6) is 0 Å². The predicted molar refractivity (Wildman–Crippen MR) is 88.7 cm³/mol. The van der Waals surface area contributed by atoms with Crippen molar-refractivity contribution in [1.29, 1.82) is 0 Å². The second kappa shape index (κ2) is 6.54. The summed E-state index contributed by atoms with van der Waals surface area (Å²) in [6.45, 7) is 4.94. The number of nitrogens with zero attached hydrogens (tertiary/aromatic N) is 3. The van der Waals surface area contributed by atoms with Gasteiger partial charge in [0.05, 0.1) is 10.6 Å². The summed E-state index contributed by atoms with van der Waals surface area (Å²) in [6.07, 6.45) is 5.34. The van der Waals surface area contributed by atoms with Crippen LogP contribution in [0.25, 0.3) is 10.6 Å². The molecule has 0 aliphatic carbocycles. The van der Waals surface area contributed by atoms with E-state index >= 15 is 0 Å². The highest BCUT2D eigenvalue weighted by Gasteiger charge is 2.21. The standard InChI is InChI=1S/C16H22N4S/c1-2-13-5-6-15(21-13)14-7-8-18-16(19-14)20-9-3-4-12(10-17)11-20/h5-8,12H,2-4,9-11,17H2,1H3. The van der Waals surface area contributed by atoms with Crippen LogP contribution in [0.4, 0.5) is 5.95 Å². The third-order valence-corrected chi connectivity index (χ3v) is 5.29. The average molecular weight is 302 g/mol. The van der Waals surface area contributed by atoms with Gasteiger partial charge in [0, 0.05) is 24.2 Å². The fourth-order valence-corrected chi connectivity index (χ4v) is 3.70. The van der Waals surface area contributed by atoms with Crippen LogP contribution < -0.4 is 10.6 Å². The second-order valence-electron chi connectivity index (χ2n) is 5.55. The molecular formula is C16H22N4S. The Labute approximate surface area is 130 Å². The number of hydrogen-bond donors (Lipinski definition) is 1. The Morgan fingerprint density at radius 3 is 3.05 bits per heavy atom. The summed E-state index contributed by atoms with van der Waals surface area (Å²) in [5.74, 6) is 1.41. The molecule has 1 unspecified atom stereocenters. The third-order valence-electron chi connectivity index (χ3n) is 4.04. The quantitative estimate of drug-likeness (QED) is 0.943. The Kier molecular flexibility index (Phi) is 4.51. The van der Waals surface area contributed by atoms with Crippen LogP contribution in [0.3, 0.4) is 0 Å². The summed E-state index contributed by atoms with van der Waals surface area (Å²) in [5, 5.41) is 0. The zero-order valence-electron chi connectivity index (χ0n) is 12.5. The van der Waals surface area contributed by atoms with Crippen molar-refractivity contribution in [2.45, 2.75) is 26.2 Å². The molecule has 1 fully saturated rings. The molecule has 2 N–H and O–H groups in total. The van der Waals surface area contributed by atoms with Gasteiger partial charge in [-0.2, -0.15) is 0 Å². The molecule has 21 heavy (non-hydrogen) atoms. The second-order valence-corrected chi connectivity index (χ2v) is 6.72. The number of nitrogens with two attached hydrogens (primary N) is 1. The van der Waals surface area contributed by atoms with Crippen molar-refractivity contribution < 1.29 is 0 Å². The van der Waals surface area contributed by atoms with Crippen molar-refractivity contribution in [3.05, 3.63) is 29.3 Å². The van der Waals surface area contributed by atoms with Gasteiger partial charge in [0.15, 0.2) is 0 Å². The molecule has 1 atom stereocenters. The lowest BCUT2D eigenvalue weighted by atomic mass is 9.99. The molecule has 2 aromatic heterocycles. The van der Waals surface area contributed by atoms with Gasteiger partial charge in [-0.1, -0.05) is 6.92 Å². The molecule has 0 spiro atoms. The minimum atomic E-state index is 0.569. The number of thiophene rings is 1. The maximum atomic E-state index is 5.82. The number of anilines is 1.